The Bertz CT molecular complexity index is 1100. The lowest BCUT2D eigenvalue weighted by Gasteiger charge is -2.25. The Morgan fingerprint density at radius 1 is 1.17 bits per heavy atom. The molecule has 0 saturated carbocycles. The lowest BCUT2D eigenvalue weighted by molar-refractivity contribution is -0.112. The third kappa shape index (κ3) is 3.82. The third-order valence-corrected chi connectivity index (χ3v) is 5.03. The summed E-state index contributed by atoms with van der Waals surface area (Å²) in [4.78, 5) is 20.8. The van der Waals surface area contributed by atoms with E-state index in [1.165, 1.54) is 0 Å². The van der Waals surface area contributed by atoms with E-state index >= 15 is 0 Å². The van der Waals surface area contributed by atoms with E-state index < -0.39 is 5.91 Å². The fourth-order valence-electron chi connectivity index (χ4n) is 3.60. The maximum absolute atomic E-state index is 11.8. The number of amides is 1. The molecule has 0 saturated heterocycles. The van der Waals surface area contributed by atoms with Gasteiger partial charge in [0.1, 0.15) is 17.7 Å². The number of carbonyl (C=O) groups excluding carboxylic acids is 1. The molecule has 0 fully saturated rings. The Labute approximate surface area is 175 Å². The number of ether oxygens (including phenoxy) is 1. The summed E-state index contributed by atoms with van der Waals surface area (Å²) in [6, 6.07) is 19.8. The van der Waals surface area contributed by atoms with E-state index in [0.29, 0.717) is 12.2 Å². The number of amidine groups is 1. The fourth-order valence-corrected chi connectivity index (χ4v) is 3.60. The van der Waals surface area contributed by atoms with Gasteiger partial charge in [-0.05, 0) is 41.8 Å². The topological polar surface area (TPSA) is 92.8 Å². The van der Waals surface area contributed by atoms with Gasteiger partial charge in [0.15, 0.2) is 0 Å². The zero-order valence-corrected chi connectivity index (χ0v) is 16.9. The highest BCUT2D eigenvalue weighted by molar-refractivity contribution is 6.38. The molecule has 2 aromatic carbocycles. The van der Waals surface area contributed by atoms with E-state index in [2.05, 4.69) is 15.4 Å². The minimum atomic E-state index is -0.604. The average Bonchev–Trinajstić information content (AvgIpc) is 3.18. The number of hydrogen-bond acceptors (Lipinski definition) is 6. The van der Waals surface area contributed by atoms with Crippen molar-refractivity contribution in [2.45, 2.75) is 19.5 Å². The van der Waals surface area contributed by atoms with Gasteiger partial charge in [-0.2, -0.15) is 0 Å². The van der Waals surface area contributed by atoms with E-state index in [-0.39, 0.29) is 12.0 Å². The quantitative estimate of drug-likeness (QED) is 0.663. The van der Waals surface area contributed by atoms with Crippen molar-refractivity contribution in [2.24, 2.45) is 10.7 Å². The van der Waals surface area contributed by atoms with Crippen molar-refractivity contribution < 1.29 is 9.53 Å². The third-order valence-electron chi connectivity index (χ3n) is 5.03. The van der Waals surface area contributed by atoms with Crippen molar-refractivity contribution in [2.75, 3.05) is 12.1 Å². The summed E-state index contributed by atoms with van der Waals surface area (Å²) in [5.74, 6) is 0.944. The lowest BCUT2D eigenvalue weighted by Crippen LogP contribution is -2.45. The summed E-state index contributed by atoms with van der Waals surface area (Å²) in [5.41, 5.74) is 12.6. The van der Waals surface area contributed by atoms with Gasteiger partial charge in [-0.3, -0.25) is 10.2 Å². The Morgan fingerprint density at radius 2 is 1.97 bits per heavy atom. The zero-order chi connectivity index (χ0) is 21.1. The average molecular weight is 401 g/mol. The van der Waals surface area contributed by atoms with Crippen molar-refractivity contribution >= 4 is 17.6 Å². The highest BCUT2D eigenvalue weighted by Gasteiger charge is 2.30. The lowest BCUT2D eigenvalue weighted by atomic mass is 10.00. The first kappa shape index (κ1) is 19.4. The van der Waals surface area contributed by atoms with E-state index in [4.69, 9.17) is 10.5 Å². The van der Waals surface area contributed by atoms with Crippen molar-refractivity contribution in [3.8, 4) is 16.9 Å². The van der Waals surface area contributed by atoms with Crippen LogP contribution in [-0.4, -0.2) is 30.0 Å². The largest absolute Gasteiger partial charge is 0.496 e. The second kappa shape index (κ2) is 8.24. The molecule has 0 aliphatic carbocycles. The molecule has 30 heavy (non-hydrogen) atoms. The predicted octanol–water partition coefficient (Wildman–Crippen LogP) is 2.84. The normalized spacial score (nSPS) is 15.5. The molecule has 1 unspecified atom stereocenters. The first-order valence-corrected chi connectivity index (χ1v) is 9.64. The Morgan fingerprint density at radius 3 is 2.70 bits per heavy atom. The molecule has 0 spiro atoms. The van der Waals surface area contributed by atoms with Crippen LogP contribution in [0.1, 0.15) is 11.1 Å². The van der Waals surface area contributed by atoms with E-state index in [0.717, 1.165) is 28.0 Å². The van der Waals surface area contributed by atoms with Gasteiger partial charge in [-0.15, -0.1) is 0 Å². The number of benzene rings is 2. The van der Waals surface area contributed by atoms with Gasteiger partial charge in [0.2, 0.25) is 5.84 Å². The van der Waals surface area contributed by atoms with Crippen LogP contribution in [0.25, 0.3) is 11.1 Å². The maximum Gasteiger partial charge on any atom is 0.285 e. The van der Waals surface area contributed by atoms with Gasteiger partial charge >= 0.3 is 0 Å². The summed E-state index contributed by atoms with van der Waals surface area (Å²) < 4.78 is 5.56. The highest BCUT2D eigenvalue weighted by Crippen LogP contribution is 2.34. The molecule has 7 heteroatoms. The number of carbonyl (C=O) groups is 1. The van der Waals surface area contributed by atoms with Crippen LogP contribution in [-0.2, 0) is 11.2 Å². The number of hydrazine groups is 1. The van der Waals surface area contributed by atoms with Crippen LogP contribution in [0.3, 0.4) is 0 Å². The van der Waals surface area contributed by atoms with Crippen LogP contribution in [0.4, 0.5) is 5.82 Å². The molecule has 3 N–H and O–H groups in total. The Balaban J connectivity index is 1.71. The summed E-state index contributed by atoms with van der Waals surface area (Å²) in [7, 11) is 1.66. The number of hydrogen-bond donors (Lipinski definition) is 2. The molecule has 7 nitrogen and oxygen atoms in total. The van der Waals surface area contributed by atoms with Crippen molar-refractivity contribution in [1.29, 1.82) is 0 Å². The molecule has 4 rings (SSSR count). The minimum absolute atomic E-state index is 0.122. The number of primary amides is 1. The first-order valence-electron chi connectivity index (χ1n) is 9.64. The monoisotopic (exact) mass is 401 g/mol. The van der Waals surface area contributed by atoms with Gasteiger partial charge in [0.05, 0.1) is 7.11 Å². The molecule has 0 bridgehead atoms. The number of nitrogens with two attached hydrogens (primary N) is 1. The molecular weight excluding hydrogens is 378 g/mol. The second-order valence-electron chi connectivity index (χ2n) is 7.05. The molecule has 3 aromatic rings. The smallest absolute Gasteiger partial charge is 0.285 e. The van der Waals surface area contributed by atoms with E-state index in [1.807, 2.05) is 67.6 Å². The second-order valence-corrected chi connectivity index (χ2v) is 7.05. The summed E-state index contributed by atoms with van der Waals surface area (Å²) in [6.45, 7) is 2.04. The van der Waals surface area contributed by atoms with Crippen LogP contribution in [0.5, 0.6) is 5.75 Å². The van der Waals surface area contributed by atoms with Crippen molar-refractivity contribution in [1.82, 2.24) is 10.4 Å². The van der Waals surface area contributed by atoms with Crippen LogP contribution >= 0.6 is 0 Å². The minimum Gasteiger partial charge on any atom is -0.496 e. The first-order chi connectivity index (χ1) is 14.6. The molecule has 2 heterocycles. The molecule has 1 aliphatic rings. The molecule has 152 valence electrons. The van der Waals surface area contributed by atoms with E-state index in [9.17, 15) is 4.79 Å². The molecule has 1 amide bonds. The number of nitrogens with one attached hydrogen (secondary N) is 1. The number of pyridine rings is 1. The summed E-state index contributed by atoms with van der Waals surface area (Å²) in [6.07, 6.45) is 1.99. The van der Waals surface area contributed by atoms with Crippen LogP contribution in [0, 0.1) is 6.92 Å². The number of rotatable bonds is 6. The molecule has 1 atom stereocenters. The number of methoxy groups -OCH3 is 1. The van der Waals surface area contributed by atoms with E-state index in [1.54, 1.807) is 18.3 Å². The van der Waals surface area contributed by atoms with Gasteiger partial charge in [-0.1, -0.05) is 42.5 Å². The number of aromatic nitrogens is 1. The van der Waals surface area contributed by atoms with Gasteiger partial charge in [-0.25, -0.2) is 15.0 Å². The maximum atomic E-state index is 11.8. The predicted molar refractivity (Wildman–Crippen MR) is 117 cm³/mol. The number of anilines is 1. The van der Waals surface area contributed by atoms with Crippen molar-refractivity contribution in [3.05, 3.63) is 78.0 Å². The standard InChI is InChI=1S/C23H23N5O2/c1-15-7-6-10-18(30-2)21(15)17-11-12-25-19(14-17)28-20(26-23(27-28)22(24)29)13-16-8-4-3-5-9-16/h3-12,14,20H,13H2,1-2H3,(H2,24,29)(H,26,27). The number of aliphatic imine (C=N–C) groups is 1. The molecular formula is C23H23N5O2. The zero-order valence-electron chi connectivity index (χ0n) is 16.9. The van der Waals surface area contributed by atoms with Crippen molar-refractivity contribution in [3.63, 3.8) is 0 Å². The molecule has 0 radical (unpaired) electrons. The highest BCUT2D eigenvalue weighted by atomic mass is 16.5. The van der Waals surface area contributed by atoms with Crippen LogP contribution in [0.15, 0.2) is 71.9 Å². The number of aryl methyl sites for hydroxylation is 1. The van der Waals surface area contributed by atoms with Gasteiger partial charge in [0.25, 0.3) is 5.91 Å². The molecule has 1 aromatic heterocycles. The summed E-state index contributed by atoms with van der Waals surface area (Å²) >= 11 is 0. The SMILES string of the molecule is COc1cccc(C)c1-c1ccnc(N2NC(C(N)=O)=NC2Cc2ccccc2)c1. The molecule has 1 aliphatic heterocycles. The van der Waals surface area contributed by atoms with Gasteiger partial charge < -0.3 is 10.5 Å². The number of nitrogens with zero attached hydrogens (tertiary/aromatic N) is 3. The Kier molecular flexibility index (Phi) is 5.34. The van der Waals surface area contributed by atoms with Gasteiger partial charge in [0, 0.05) is 18.2 Å². The fraction of sp³-hybridized carbons (Fsp3) is 0.174. The Hall–Kier alpha value is -3.87. The summed E-state index contributed by atoms with van der Waals surface area (Å²) in [5, 5.41) is 1.78. The van der Waals surface area contributed by atoms with Crippen LogP contribution in [0.2, 0.25) is 0 Å². The van der Waals surface area contributed by atoms with Crippen LogP contribution < -0.4 is 20.9 Å².